The van der Waals surface area contributed by atoms with Gasteiger partial charge >= 0.3 is 6.09 Å². The second-order valence-corrected chi connectivity index (χ2v) is 6.06. The molecule has 0 saturated heterocycles. The van der Waals surface area contributed by atoms with E-state index in [1.807, 2.05) is 58.0 Å². The zero-order chi connectivity index (χ0) is 15.6. The molecule has 21 heavy (non-hydrogen) atoms. The van der Waals surface area contributed by atoms with Gasteiger partial charge in [-0.1, -0.05) is 23.7 Å². The van der Waals surface area contributed by atoms with E-state index in [1.165, 1.54) is 0 Å². The molecule has 2 radical (unpaired) electrons. The van der Waals surface area contributed by atoms with Crippen molar-refractivity contribution in [3.8, 4) is 0 Å². The van der Waals surface area contributed by atoms with Crippen molar-refractivity contribution in [1.82, 2.24) is 10.3 Å². The molecule has 1 heterocycles. The van der Waals surface area contributed by atoms with E-state index in [1.54, 1.807) is 0 Å². The molecule has 5 heteroatoms. The van der Waals surface area contributed by atoms with E-state index in [-0.39, 0.29) is 6.04 Å². The molecule has 108 valence electrons. The molecule has 2 rings (SSSR count). The predicted octanol–water partition coefficient (Wildman–Crippen LogP) is 2.61. The summed E-state index contributed by atoms with van der Waals surface area (Å²) in [5.74, 6) is 0. The third-order valence-electron chi connectivity index (χ3n) is 2.91. The van der Waals surface area contributed by atoms with Crippen molar-refractivity contribution in [3.63, 3.8) is 0 Å². The molecular formula is C16H19BN2O2. The van der Waals surface area contributed by atoms with Gasteiger partial charge in [0.2, 0.25) is 0 Å². The van der Waals surface area contributed by atoms with Crippen molar-refractivity contribution in [2.24, 2.45) is 0 Å². The third kappa shape index (κ3) is 4.21. The van der Waals surface area contributed by atoms with Crippen LogP contribution in [0.5, 0.6) is 0 Å². The first kappa shape index (κ1) is 15.4. The standard InChI is InChI=1S/C16H19BN2O2/c1-10(18-15(20)21-16(2,3)4)13-8-6-11-5-7-12(17)9-14(11)19-13/h5-10H,1-4H3,(H,18,20). The molecule has 1 amide bonds. The fourth-order valence-corrected chi connectivity index (χ4v) is 1.95. The summed E-state index contributed by atoms with van der Waals surface area (Å²) >= 11 is 0. The van der Waals surface area contributed by atoms with Crippen LogP contribution in [0.1, 0.15) is 39.4 Å². The van der Waals surface area contributed by atoms with Gasteiger partial charge < -0.3 is 10.1 Å². The van der Waals surface area contributed by atoms with Crippen LogP contribution in [0.15, 0.2) is 30.3 Å². The Balaban J connectivity index is 2.15. The maximum absolute atomic E-state index is 11.8. The minimum Gasteiger partial charge on any atom is -0.444 e. The highest BCUT2D eigenvalue weighted by Crippen LogP contribution is 2.16. The summed E-state index contributed by atoms with van der Waals surface area (Å²) in [7, 11) is 5.77. The van der Waals surface area contributed by atoms with E-state index in [0.717, 1.165) is 16.6 Å². The molecule has 1 unspecified atom stereocenters. The summed E-state index contributed by atoms with van der Waals surface area (Å²) in [5.41, 5.74) is 1.72. The first-order chi connectivity index (χ1) is 9.74. The van der Waals surface area contributed by atoms with Crippen molar-refractivity contribution >= 4 is 30.3 Å². The first-order valence-corrected chi connectivity index (χ1v) is 6.90. The Morgan fingerprint density at radius 1 is 1.29 bits per heavy atom. The van der Waals surface area contributed by atoms with Gasteiger partial charge in [-0.2, -0.15) is 0 Å². The number of carbonyl (C=O) groups excluding carboxylic acids is 1. The lowest BCUT2D eigenvalue weighted by Crippen LogP contribution is -2.34. The molecule has 0 aliphatic carbocycles. The van der Waals surface area contributed by atoms with Gasteiger partial charge in [-0.15, -0.1) is 0 Å². The van der Waals surface area contributed by atoms with Crippen LogP contribution in [-0.2, 0) is 4.74 Å². The van der Waals surface area contributed by atoms with Crippen molar-refractivity contribution < 1.29 is 9.53 Å². The minimum atomic E-state index is -0.519. The normalized spacial score (nSPS) is 13.0. The molecular weight excluding hydrogens is 263 g/mol. The highest BCUT2D eigenvalue weighted by molar-refractivity contribution is 6.33. The van der Waals surface area contributed by atoms with E-state index in [2.05, 4.69) is 10.3 Å². The molecule has 2 aromatic rings. The highest BCUT2D eigenvalue weighted by atomic mass is 16.6. The fourth-order valence-electron chi connectivity index (χ4n) is 1.95. The molecule has 1 aromatic heterocycles. The maximum Gasteiger partial charge on any atom is 0.408 e. The minimum absolute atomic E-state index is 0.245. The number of amides is 1. The molecule has 0 spiro atoms. The van der Waals surface area contributed by atoms with Gasteiger partial charge in [0, 0.05) is 5.39 Å². The van der Waals surface area contributed by atoms with Gasteiger partial charge in [0.25, 0.3) is 0 Å². The number of nitrogens with zero attached hydrogens (tertiary/aromatic N) is 1. The lowest BCUT2D eigenvalue weighted by molar-refractivity contribution is 0.0507. The average Bonchev–Trinajstić information content (AvgIpc) is 2.35. The second kappa shape index (κ2) is 5.76. The van der Waals surface area contributed by atoms with Crippen molar-refractivity contribution in [1.29, 1.82) is 0 Å². The topological polar surface area (TPSA) is 51.2 Å². The number of ether oxygens (including phenoxy) is 1. The monoisotopic (exact) mass is 282 g/mol. The smallest absolute Gasteiger partial charge is 0.408 e. The number of nitrogens with one attached hydrogen (secondary N) is 1. The second-order valence-electron chi connectivity index (χ2n) is 6.06. The Morgan fingerprint density at radius 3 is 2.62 bits per heavy atom. The van der Waals surface area contributed by atoms with Crippen LogP contribution in [0.2, 0.25) is 0 Å². The molecule has 1 aromatic carbocycles. The van der Waals surface area contributed by atoms with E-state index in [0.29, 0.717) is 5.46 Å². The Bertz CT molecular complexity index is 665. The summed E-state index contributed by atoms with van der Waals surface area (Å²) in [4.78, 5) is 16.3. The molecule has 1 atom stereocenters. The number of carbonyl (C=O) groups is 1. The molecule has 0 aliphatic heterocycles. The van der Waals surface area contributed by atoms with Crippen molar-refractivity contribution in [2.45, 2.75) is 39.3 Å². The predicted molar refractivity (Wildman–Crippen MR) is 84.9 cm³/mol. The average molecular weight is 282 g/mol. The zero-order valence-electron chi connectivity index (χ0n) is 12.8. The Morgan fingerprint density at radius 2 is 1.95 bits per heavy atom. The van der Waals surface area contributed by atoms with E-state index in [9.17, 15) is 4.79 Å². The summed E-state index contributed by atoms with van der Waals surface area (Å²) in [6.45, 7) is 7.35. The number of hydrogen-bond donors (Lipinski definition) is 1. The Hall–Kier alpha value is -2.04. The van der Waals surface area contributed by atoms with E-state index < -0.39 is 11.7 Å². The van der Waals surface area contributed by atoms with Gasteiger partial charge in [-0.3, -0.25) is 4.98 Å². The van der Waals surface area contributed by atoms with Crippen LogP contribution >= 0.6 is 0 Å². The summed E-state index contributed by atoms with van der Waals surface area (Å²) in [5, 5.41) is 3.79. The SMILES string of the molecule is [B]c1ccc2ccc(C(C)NC(=O)OC(C)(C)C)nc2c1. The Kier molecular flexibility index (Phi) is 4.21. The number of fused-ring (bicyclic) bond motifs is 1. The van der Waals surface area contributed by atoms with E-state index >= 15 is 0 Å². The molecule has 0 bridgehead atoms. The van der Waals surface area contributed by atoms with Gasteiger partial charge in [-0.05, 0) is 39.8 Å². The van der Waals surface area contributed by atoms with Gasteiger partial charge in [0.05, 0.1) is 17.3 Å². The number of aromatic nitrogens is 1. The van der Waals surface area contributed by atoms with Crippen LogP contribution in [0.25, 0.3) is 10.9 Å². The first-order valence-electron chi connectivity index (χ1n) is 6.90. The number of alkyl carbamates (subject to hydrolysis) is 1. The van der Waals surface area contributed by atoms with Crippen molar-refractivity contribution in [2.75, 3.05) is 0 Å². The van der Waals surface area contributed by atoms with Crippen LogP contribution in [-0.4, -0.2) is 24.5 Å². The van der Waals surface area contributed by atoms with Crippen LogP contribution in [0.3, 0.4) is 0 Å². The molecule has 0 saturated carbocycles. The summed E-state index contributed by atoms with van der Waals surface area (Å²) in [6, 6.07) is 9.19. The maximum atomic E-state index is 11.8. The summed E-state index contributed by atoms with van der Waals surface area (Å²) < 4.78 is 5.24. The number of benzene rings is 1. The molecule has 1 N–H and O–H groups in total. The number of hydrogen-bond acceptors (Lipinski definition) is 3. The van der Waals surface area contributed by atoms with E-state index in [4.69, 9.17) is 12.6 Å². The van der Waals surface area contributed by atoms with Gasteiger partial charge in [-0.25, -0.2) is 4.79 Å². The quantitative estimate of drug-likeness (QED) is 0.861. The van der Waals surface area contributed by atoms with Crippen LogP contribution in [0.4, 0.5) is 4.79 Å². The van der Waals surface area contributed by atoms with Crippen LogP contribution in [0, 0.1) is 0 Å². The Labute approximate surface area is 126 Å². The number of rotatable bonds is 2. The highest BCUT2D eigenvalue weighted by Gasteiger charge is 2.18. The summed E-state index contributed by atoms with van der Waals surface area (Å²) in [6.07, 6.45) is -0.454. The lowest BCUT2D eigenvalue weighted by Gasteiger charge is -2.21. The number of pyridine rings is 1. The molecule has 0 aliphatic rings. The lowest BCUT2D eigenvalue weighted by atomic mass is 9.95. The van der Waals surface area contributed by atoms with Gasteiger partial charge in [0.1, 0.15) is 13.4 Å². The largest absolute Gasteiger partial charge is 0.444 e. The third-order valence-corrected chi connectivity index (χ3v) is 2.91. The fraction of sp³-hybridized carbons (Fsp3) is 0.375. The van der Waals surface area contributed by atoms with Crippen molar-refractivity contribution in [3.05, 3.63) is 36.0 Å². The zero-order valence-corrected chi connectivity index (χ0v) is 12.8. The van der Waals surface area contributed by atoms with Gasteiger partial charge in [0.15, 0.2) is 0 Å². The molecule has 0 fully saturated rings. The molecule has 4 nitrogen and oxygen atoms in total. The van der Waals surface area contributed by atoms with Crippen LogP contribution < -0.4 is 10.8 Å².